The van der Waals surface area contributed by atoms with Crippen molar-refractivity contribution in [3.05, 3.63) is 52.8 Å². The molecule has 3 N–H and O–H groups in total. The quantitative estimate of drug-likeness (QED) is 0.851. The highest BCUT2D eigenvalue weighted by Crippen LogP contribution is 2.27. The van der Waals surface area contributed by atoms with Crippen LogP contribution in [0.3, 0.4) is 0 Å². The third-order valence-electron chi connectivity index (χ3n) is 2.84. The first-order valence-corrected chi connectivity index (χ1v) is 6.58. The Labute approximate surface area is 126 Å². The van der Waals surface area contributed by atoms with E-state index in [-0.39, 0.29) is 17.4 Å². The smallest absolute Gasteiger partial charge is 0.262 e. The Kier molecular flexibility index (Phi) is 4.65. The monoisotopic (exact) mass is 308 g/mol. The lowest BCUT2D eigenvalue weighted by atomic mass is 10.1. The maximum absolute atomic E-state index is 13.5. The molecule has 0 unspecified atom stereocenters. The Morgan fingerprint density at radius 1 is 1.33 bits per heavy atom. The zero-order valence-electron chi connectivity index (χ0n) is 11.3. The second-order valence-corrected chi connectivity index (χ2v) is 4.83. The van der Waals surface area contributed by atoms with E-state index in [0.717, 1.165) is 5.56 Å². The summed E-state index contributed by atoms with van der Waals surface area (Å²) in [5.74, 6) is -1.21. The van der Waals surface area contributed by atoms with Gasteiger partial charge in [0.2, 0.25) is 0 Å². The van der Waals surface area contributed by atoms with Gasteiger partial charge in [-0.3, -0.25) is 4.79 Å². The Hall–Kier alpha value is -2.27. The van der Waals surface area contributed by atoms with Gasteiger partial charge in [-0.25, -0.2) is 4.39 Å². The Morgan fingerprint density at radius 2 is 2.05 bits per heavy atom. The summed E-state index contributed by atoms with van der Waals surface area (Å²) in [6.07, 6.45) is 0. The Morgan fingerprint density at radius 3 is 2.71 bits per heavy atom. The van der Waals surface area contributed by atoms with Gasteiger partial charge < -0.3 is 15.8 Å². The number of aryl methyl sites for hydroxylation is 1. The summed E-state index contributed by atoms with van der Waals surface area (Å²) >= 11 is 5.81. The van der Waals surface area contributed by atoms with Crippen molar-refractivity contribution in [2.24, 2.45) is 0 Å². The van der Waals surface area contributed by atoms with Crippen LogP contribution in [0.25, 0.3) is 0 Å². The zero-order valence-corrected chi connectivity index (χ0v) is 12.1. The fourth-order valence-electron chi connectivity index (χ4n) is 1.79. The predicted molar refractivity (Wildman–Crippen MR) is 81.1 cm³/mol. The second kappa shape index (κ2) is 6.45. The number of carbonyl (C=O) groups is 1. The van der Waals surface area contributed by atoms with Crippen LogP contribution in [-0.4, -0.2) is 12.5 Å². The molecule has 0 saturated carbocycles. The molecule has 0 heterocycles. The highest BCUT2D eigenvalue weighted by Gasteiger charge is 2.12. The number of nitrogen functional groups attached to an aromatic ring is 1. The van der Waals surface area contributed by atoms with Gasteiger partial charge in [0.1, 0.15) is 0 Å². The lowest BCUT2D eigenvalue weighted by Crippen LogP contribution is -2.21. The number of hydrogen-bond donors (Lipinski definition) is 2. The van der Waals surface area contributed by atoms with Crippen LogP contribution >= 0.6 is 11.6 Å². The number of rotatable bonds is 4. The molecule has 0 aliphatic rings. The van der Waals surface area contributed by atoms with Gasteiger partial charge in [-0.1, -0.05) is 29.8 Å². The molecule has 0 aromatic heterocycles. The second-order valence-electron chi connectivity index (χ2n) is 4.43. The molecule has 0 radical (unpaired) electrons. The molecule has 0 bridgehead atoms. The van der Waals surface area contributed by atoms with Gasteiger partial charge in [0.15, 0.2) is 18.2 Å². The first kappa shape index (κ1) is 15.1. The molecule has 110 valence electrons. The molecule has 1 amide bonds. The number of anilines is 2. The molecule has 0 fully saturated rings. The van der Waals surface area contributed by atoms with Crippen LogP contribution in [0.4, 0.5) is 15.8 Å². The number of ether oxygens (including phenoxy) is 1. The summed E-state index contributed by atoms with van der Waals surface area (Å²) < 4.78 is 18.6. The van der Waals surface area contributed by atoms with Gasteiger partial charge in [0.05, 0.1) is 16.4 Å². The van der Waals surface area contributed by atoms with E-state index in [1.54, 1.807) is 12.1 Å². The van der Waals surface area contributed by atoms with E-state index in [9.17, 15) is 9.18 Å². The SMILES string of the molecule is Cc1cccc(N)c1NC(=O)COc1c(F)cccc1Cl. The van der Waals surface area contributed by atoms with E-state index < -0.39 is 11.7 Å². The Bertz CT molecular complexity index is 636. The minimum atomic E-state index is -0.620. The molecular weight excluding hydrogens is 295 g/mol. The van der Waals surface area contributed by atoms with Crippen LogP contribution < -0.4 is 15.8 Å². The number of amides is 1. The molecule has 2 aromatic rings. The van der Waals surface area contributed by atoms with E-state index in [1.807, 2.05) is 13.0 Å². The summed E-state index contributed by atoms with van der Waals surface area (Å²) in [4.78, 5) is 11.9. The van der Waals surface area contributed by atoms with E-state index in [4.69, 9.17) is 22.1 Å². The van der Waals surface area contributed by atoms with Crippen molar-refractivity contribution in [1.29, 1.82) is 0 Å². The lowest BCUT2D eigenvalue weighted by molar-refractivity contribution is -0.118. The van der Waals surface area contributed by atoms with Crippen LogP contribution in [0.5, 0.6) is 5.75 Å². The van der Waals surface area contributed by atoms with E-state index in [2.05, 4.69) is 5.32 Å². The number of nitrogens with one attached hydrogen (secondary N) is 1. The van der Waals surface area contributed by atoms with Crippen molar-refractivity contribution >= 4 is 28.9 Å². The highest BCUT2D eigenvalue weighted by molar-refractivity contribution is 6.32. The standard InChI is InChI=1S/C15H14ClFN2O2/c1-9-4-2-7-12(18)14(9)19-13(20)8-21-15-10(16)5-3-6-11(15)17/h2-7H,8,18H2,1H3,(H,19,20). The number of halogens is 2. The number of hydrogen-bond acceptors (Lipinski definition) is 3. The molecule has 0 aliphatic heterocycles. The van der Waals surface area contributed by atoms with Crippen molar-refractivity contribution in [2.45, 2.75) is 6.92 Å². The number of para-hydroxylation sites is 2. The molecule has 6 heteroatoms. The fourth-order valence-corrected chi connectivity index (χ4v) is 2.01. The molecule has 2 aromatic carbocycles. The topological polar surface area (TPSA) is 64.3 Å². The first-order chi connectivity index (χ1) is 9.99. The van der Waals surface area contributed by atoms with Crippen LogP contribution in [-0.2, 0) is 4.79 Å². The lowest BCUT2D eigenvalue weighted by Gasteiger charge is -2.12. The van der Waals surface area contributed by atoms with Gasteiger partial charge >= 0.3 is 0 Å². The predicted octanol–water partition coefficient (Wildman–Crippen LogP) is 3.39. The molecule has 0 saturated heterocycles. The third kappa shape index (κ3) is 3.64. The van der Waals surface area contributed by atoms with Gasteiger partial charge in [-0.2, -0.15) is 0 Å². The van der Waals surface area contributed by atoms with Crippen molar-refractivity contribution in [3.8, 4) is 5.75 Å². The molecule has 4 nitrogen and oxygen atoms in total. The fraction of sp³-hybridized carbons (Fsp3) is 0.133. The summed E-state index contributed by atoms with van der Waals surface area (Å²) in [6, 6.07) is 9.43. The minimum absolute atomic E-state index is 0.109. The average molecular weight is 309 g/mol. The molecule has 0 atom stereocenters. The largest absolute Gasteiger partial charge is 0.479 e. The van der Waals surface area contributed by atoms with Gasteiger partial charge in [-0.15, -0.1) is 0 Å². The zero-order chi connectivity index (χ0) is 15.4. The van der Waals surface area contributed by atoms with Crippen molar-refractivity contribution in [2.75, 3.05) is 17.7 Å². The summed E-state index contributed by atoms with van der Waals surface area (Å²) in [5.41, 5.74) is 7.59. The maximum Gasteiger partial charge on any atom is 0.262 e. The maximum atomic E-state index is 13.5. The van der Waals surface area contributed by atoms with Crippen molar-refractivity contribution in [1.82, 2.24) is 0 Å². The van der Waals surface area contributed by atoms with Gasteiger partial charge in [0, 0.05) is 0 Å². The molecular formula is C15H14ClFN2O2. The summed E-state index contributed by atoms with van der Waals surface area (Å²) in [6.45, 7) is 1.45. The normalized spacial score (nSPS) is 10.2. The van der Waals surface area contributed by atoms with Crippen LogP contribution in [0.1, 0.15) is 5.56 Å². The number of benzene rings is 2. The van der Waals surface area contributed by atoms with Crippen LogP contribution in [0.2, 0.25) is 5.02 Å². The minimum Gasteiger partial charge on any atom is -0.479 e. The number of nitrogens with two attached hydrogens (primary N) is 1. The summed E-state index contributed by atoms with van der Waals surface area (Å²) in [7, 11) is 0. The molecule has 21 heavy (non-hydrogen) atoms. The third-order valence-corrected chi connectivity index (χ3v) is 3.13. The molecule has 0 spiro atoms. The average Bonchev–Trinajstić information content (AvgIpc) is 2.42. The van der Waals surface area contributed by atoms with E-state index in [1.165, 1.54) is 18.2 Å². The number of carbonyl (C=O) groups excluding carboxylic acids is 1. The first-order valence-electron chi connectivity index (χ1n) is 6.21. The summed E-state index contributed by atoms with van der Waals surface area (Å²) in [5, 5.41) is 2.74. The van der Waals surface area contributed by atoms with Gasteiger partial charge in [0.25, 0.3) is 5.91 Å². The van der Waals surface area contributed by atoms with Crippen LogP contribution in [0.15, 0.2) is 36.4 Å². The van der Waals surface area contributed by atoms with Crippen molar-refractivity contribution < 1.29 is 13.9 Å². The Balaban J connectivity index is 2.03. The van der Waals surface area contributed by atoms with E-state index >= 15 is 0 Å². The van der Waals surface area contributed by atoms with E-state index in [0.29, 0.717) is 11.4 Å². The van der Waals surface area contributed by atoms with Crippen LogP contribution in [0, 0.1) is 12.7 Å². The highest BCUT2D eigenvalue weighted by atomic mass is 35.5. The van der Waals surface area contributed by atoms with Gasteiger partial charge in [-0.05, 0) is 30.7 Å². The molecule has 2 rings (SSSR count). The van der Waals surface area contributed by atoms with Crippen molar-refractivity contribution in [3.63, 3.8) is 0 Å². The molecule has 0 aliphatic carbocycles.